The van der Waals surface area contributed by atoms with Gasteiger partial charge >= 0.3 is 0 Å². The number of nitrogens with zero attached hydrogens (tertiary/aromatic N) is 4. The third kappa shape index (κ3) is 3.89. The van der Waals surface area contributed by atoms with Crippen LogP contribution in [0.15, 0.2) is 35.5 Å². The molecule has 0 unspecified atom stereocenters. The number of amides is 1. The molecular weight excluding hydrogens is 383 g/mol. The van der Waals surface area contributed by atoms with Crippen molar-refractivity contribution in [1.29, 1.82) is 0 Å². The molecule has 2 heterocycles. The van der Waals surface area contributed by atoms with Crippen LogP contribution in [-0.2, 0) is 21.4 Å². The van der Waals surface area contributed by atoms with Crippen LogP contribution in [0.2, 0.25) is 5.02 Å². The van der Waals surface area contributed by atoms with E-state index in [0.29, 0.717) is 0 Å². The van der Waals surface area contributed by atoms with E-state index in [1.54, 1.807) is 22.0 Å². The lowest BCUT2D eigenvalue weighted by molar-refractivity contribution is -0.133. The first-order valence-corrected chi connectivity index (χ1v) is 9.81. The number of rotatable bonds is 4. The molecule has 140 valence electrons. The van der Waals surface area contributed by atoms with Gasteiger partial charge in [-0.3, -0.25) is 9.48 Å². The molecule has 26 heavy (non-hydrogen) atoms. The second-order valence-corrected chi connectivity index (χ2v) is 8.42. The van der Waals surface area contributed by atoms with Crippen LogP contribution in [-0.4, -0.2) is 59.5 Å². The van der Waals surface area contributed by atoms with Crippen molar-refractivity contribution in [1.82, 2.24) is 19.0 Å². The Bertz CT molecular complexity index is 923. The van der Waals surface area contributed by atoms with Crippen molar-refractivity contribution in [2.24, 2.45) is 0 Å². The lowest BCUT2D eigenvalue weighted by Crippen LogP contribution is -2.51. The molecule has 1 saturated heterocycles. The van der Waals surface area contributed by atoms with E-state index in [0.717, 1.165) is 17.7 Å². The molecule has 1 aromatic carbocycles. The zero-order valence-electron chi connectivity index (χ0n) is 14.1. The number of piperazine rings is 1. The van der Waals surface area contributed by atoms with Gasteiger partial charge < -0.3 is 4.90 Å². The van der Waals surface area contributed by atoms with E-state index in [1.807, 2.05) is 6.92 Å². The highest BCUT2D eigenvalue weighted by atomic mass is 35.5. The molecule has 3 rings (SSSR count). The topological polar surface area (TPSA) is 75.5 Å². The highest BCUT2D eigenvalue weighted by Crippen LogP contribution is 2.23. The number of carbonyl (C=O) groups is 1. The van der Waals surface area contributed by atoms with E-state index in [1.165, 1.54) is 10.4 Å². The summed E-state index contributed by atoms with van der Waals surface area (Å²) in [7, 11) is -3.78. The Hall–Kier alpha value is -1.97. The molecule has 10 heteroatoms. The molecule has 1 aliphatic rings. The normalized spacial score (nSPS) is 16.0. The Morgan fingerprint density at radius 2 is 1.96 bits per heavy atom. The van der Waals surface area contributed by atoms with Crippen molar-refractivity contribution in [2.75, 3.05) is 26.2 Å². The predicted octanol–water partition coefficient (Wildman–Crippen LogP) is 1.52. The molecule has 1 amide bonds. The monoisotopic (exact) mass is 400 g/mol. The minimum absolute atomic E-state index is 0.0595. The molecular formula is C16H18ClFN4O3S. The summed E-state index contributed by atoms with van der Waals surface area (Å²) >= 11 is 5.68. The molecule has 1 fully saturated rings. The number of sulfonamides is 1. The van der Waals surface area contributed by atoms with Crippen LogP contribution in [0.4, 0.5) is 4.39 Å². The van der Waals surface area contributed by atoms with Gasteiger partial charge in [0.2, 0.25) is 15.9 Å². The largest absolute Gasteiger partial charge is 0.338 e. The molecule has 0 aliphatic carbocycles. The average Bonchev–Trinajstić information content (AvgIpc) is 3.02. The van der Waals surface area contributed by atoms with Gasteiger partial charge in [-0.2, -0.15) is 9.40 Å². The van der Waals surface area contributed by atoms with Crippen molar-refractivity contribution in [3.05, 3.63) is 47.0 Å². The van der Waals surface area contributed by atoms with Gasteiger partial charge in [0, 0.05) is 32.4 Å². The molecule has 2 aromatic rings. The molecule has 0 N–H and O–H groups in total. The lowest BCUT2D eigenvalue weighted by atomic mass is 10.3. The highest BCUT2D eigenvalue weighted by molar-refractivity contribution is 7.89. The van der Waals surface area contributed by atoms with E-state index in [2.05, 4.69) is 5.10 Å². The molecule has 0 spiro atoms. The minimum atomic E-state index is -3.78. The first-order valence-electron chi connectivity index (χ1n) is 7.99. The Labute approximate surface area is 156 Å². The second kappa shape index (κ2) is 7.34. The van der Waals surface area contributed by atoms with E-state index in [9.17, 15) is 17.6 Å². The van der Waals surface area contributed by atoms with Gasteiger partial charge in [0.15, 0.2) is 0 Å². The summed E-state index contributed by atoms with van der Waals surface area (Å²) in [6, 6.07) is 3.32. The minimum Gasteiger partial charge on any atom is -0.338 e. The van der Waals surface area contributed by atoms with Crippen LogP contribution in [0.1, 0.15) is 5.56 Å². The number of hydrogen-bond donors (Lipinski definition) is 0. The second-order valence-electron chi connectivity index (χ2n) is 6.08. The summed E-state index contributed by atoms with van der Waals surface area (Å²) in [6.07, 6.45) is 3.45. The molecule has 7 nitrogen and oxygen atoms in total. The smallest absolute Gasteiger partial charge is 0.244 e. The van der Waals surface area contributed by atoms with Crippen LogP contribution in [0.25, 0.3) is 0 Å². The van der Waals surface area contributed by atoms with E-state index in [4.69, 9.17) is 11.6 Å². The van der Waals surface area contributed by atoms with Crippen molar-refractivity contribution in [3.8, 4) is 0 Å². The van der Waals surface area contributed by atoms with E-state index in [-0.39, 0.29) is 48.5 Å². The lowest BCUT2D eigenvalue weighted by Gasteiger charge is -2.34. The molecule has 0 radical (unpaired) electrons. The van der Waals surface area contributed by atoms with Gasteiger partial charge in [0.25, 0.3) is 0 Å². The van der Waals surface area contributed by atoms with Crippen LogP contribution >= 0.6 is 11.6 Å². The number of halogens is 2. The van der Waals surface area contributed by atoms with Gasteiger partial charge in [-0.05, 0) is 30.7 Å². The molecule has 0 bridgehead atoms. The van der Waals surface area contributed by atoms with Crippen molar-refractivity contribution < 1.29 is 17.6 Å². The maximum atomic E-state index is 13.3. The van der Waals surface area contributed by atoms with Crippen LogP contribution < -0.4 is 0 Å². The summed E-state index contributed by atoms with van der Waals surface area (Å²) in [6.45, 7) is 2.91. The fourth-order valence-electron chi connectivity index (χ4n) is 2.76. The number of aromatic nitrogens is 2. The SMILES string of the molecule is Cc1cnn(CC(=O)N2CCN(S(=O)(=O)c3ccc(F)c(Cl)c3)CC2)c1. The Morgan fingerprint density at radius 1 is 1.27 bits per heavy atom. The van der Waals surface area contributed by atoms with Crippen molar-refractivity contribution in [2.45, 2.75) is 18.4 Å². The fraction of sp³-hybridized carbons (Fsp3) is 0.375. The summed E-state index contributed by atoms with van der Waals surface area (Å²) in [5.41, 5.74) is 0.965. The summed E-state index contributed by atoms with van der Waals surface area (Å²) in [4.78, 5) is 13.9. The average molecular weight is 401 g/mol. The number of aryl methyl sites for hydroxylation is 1. The maximum Gasteiger partial charge on any atom is 0.244 e. The van der Waals surface area contributed by atoms with E-state index >= 15 is 0 Å². The first kappa shape index (κ1) is 18.8. The summed E-state index contributed by atoms with van der Waals surface area (Å²) < 4.78 is 41.4. The van der Waals surface area contributed by atoms with Gasteiger partial charge in [-0.25, -0.2) is 12.8 Å². The van der Waals surface area contributed by atoms with Crippen LogP contribution in [0.3, 0.4) is 0 Å². The van der Waals surface area contributed by atoms with E-state index < -0.39 is 15.8 Å². The van der Waals surface area contributed by atoms with Crippen LogP contribution in [0.5, 0.6) is 0 Å². The highest BCUT2D eigenvalue weighted by Gasteiger charge is 2.30. The molecule has 1 aliphatic heterocycles. The van der Waals surface area contributed by atoms with Crippen LogP contribution in [0, 0.1) is 12.7 Å². The van der Waals surface area contributed by atoms with Crippen molar-refractivity contribution >= 4 is 27.5 Å². The maximum absolute atomic E-state index is 13.3. The molecule has 1 aromatic heterocycles. The van der Waals surface area contributed by atoms with Crippen molar-refractivity contribution in [3.63, 3.8) is 0 Å². The number of benzene rings is 1. The molecule has 0 atom stereocenters. The zero-order valence-corrected chi connectivity index (χ0v) is 15.7. The number of hydrogen-bond acceptors (Lipinski definition) is 4. The number of carbonyl (C=O) groups excluding carboxylic acids is 1. The Kier molecular flexibility index (Phi) is 5.31. The quantitative estimate of drug-likeness (QED) is 0.779. The van der Waals surface area contributed by atoms with Gasteiger partial charge in [-0.15, -0.1) is 0 Å². The third-order valence-corrected chi connectivity index (χ3v) is 6.36. The summed E-state index contributed by atoms with van der Waals surface area (Å²) in [5, 5.41) is 3.84. The first-order chi connectivity index (χ1) is 12.3. The Morgan fingerprint density at radius 3 is 2.54 bits per heavy atom. The predicted molar refractivity (Wildman–Crippen MR) is 93.7 cm³/mol. The van der Waals surface area contributed by atoms with Gasteiger partial charge in [-0.1, -0.05) is 11.6 Å². The summed E-state index contributed by atoms with van der Waals surface area (Å²) in [5.74, 6) is -0.787. The Balaban J connectivity index is 1.63. The standard InChI is InChI=1S/C16H18ClFN4O3S/c1-12-9-19-21(10-12)11-16(23)20-4-6-22(7-5-20)26(24,25)13-2-3-15(18)14(17)8-13/h2-3,8-10H,4-7,11H2,1H3. The van der Waals surface area contributed by atoms with Gasteiger partial charge in [0.05, 0.1) is 16.1 Å². The van der Waals surface area contributed by atoms with Gasteiger partial charge in [0.1, 0.15) is 12.4 Å². The third-order valence-electron chi connectivity index (χ3n) is 4.18. The fourth-order valence-corrected chi connectivity index (χ4v) is 4.45. The molecule has 0 saturated carbocycles. The zero-order chi connectivity index (χ0) is 18.9.